The fourth-order valence-electron chi connectivity index (χ4n) is 2.44. The Labute approximate surface area is 130 Å². The Morgan fingerprint density at radius 2 is 2.20 bits per heavy atom. The number of halogens is 2. The highest BCUT2D eigenvalue weighted by Gasteiger charge is 2.31. The van der Waals surface area contributed by atoms with Crippen molar-refractivity contribution >= 4 is 29.9 Å². The van der Waals surface area contributed by atoms with E-state index in [0.717, 1.165) is 13.0 Å². The molecule has 1 amide bonds. The first-order valence-electron chi connectivity index (χ1n) is 6.48. The van der Waals surface area contributed by atoms with E-state index >= 15 is 0 Å². The highest BCUT2D eigenvalue weighted by atomic mass is 35.5. The summed E-state index contributed by atoms with van der Waals surface area (Å²) in [5.74, 6) is 0.933. The number of carbonyl (C=O) groups is 1. The first kappa shape index (κ1) is 17.1. The molecule has 20 heavy (non-hydrogen) atoms. The lowest BCUT2D eigenvalue weighted by Crippen LogP contribution is -2.37. The second kappa shape index (κ2) is 7.72. The number of hydrogen-bond donors (Lipinski definition) is 1. The first-order valence-corrected chi connectivity index (χ1v) is 6.86. The second-order valence-electron chi connectivity index (χ2n) is 4.95. The summed E-state index contributed by atoms with van der Waals surface area (Å²) in [4.78, 5) is 14.0. The maximum absolute atomic E-state index is 12.1. The maximum atomic E-state index is 12.1. The first-order chi connectivity index (χ1) is 9.11. The molecule has 6 heteroatoms. The minimum atomic E-state index is -0.0108. The summed E-state index contributed by atoms with van der Waals surface area (Å²) in [6.45, 7) is 3.41. The van der Waals surface area contributed by atoms with Crippen LogP contribution in [0.15, 0.2) is 24.3 Å². The predicted octanol–water partition coefficient (Wildman–Crippen LogP) is 2.34. The highest BCUT2D eigenvalue weighted by molar-refractivity contribution is 6.32. The number of likely N-dealkylation sites (tertiary alicyclic amines) is 1. The summed E-state index contributed by atoms with van der Waals surface area (Å²) in [7, 11) is 0. The van der Waals surface area contributed by atoms with Crippen molar-refractivity contribution < 1.29 is 9.53 Å². The van der Waals surface area contributed by atoms with Crippen molar-refractivity contribution in [2.45, 2.75) is 19.4 Å². The van der Waals surface area contributed by atoms with Crippen LogP contribution in [0.2, 0.25) is 5.02 Å². The summed E-state index contributed by atoms with van der Waals surface area (Å²) in [6, 6.07) is 7.38. The van der Waals surface area contributed by atoms with E-state index in [4.69, 9.17) is 22.1 Å². The SMILES string of the molecule is CC1CC(CN)CN1C(=O)COc1ccccc1Cl.Cl. The molecule has 0 aromatic heterocycles. The van der Waals surface area contributed by atoms with Crippen LogP contribution in [0.25, 0.3) is 0 Å². The lowest BCUT2D eigenvalue weighted by Gasteiger charge is -2.21. The molecule has 0 aliphatic carbocycles. The Bertz CT molecular complexity index is 457. The normalized spacial score (nSPS) is 21.4. The number of hydrogen-bond acceptors (Lipinski definition) is 3. The van der Waals surface area contributed by atoms with Crippen molar-refractivity contribution in [2.75, 3.05) is 19.7 Å². The molecule has 2 N–H and O–H groups in total. The minimum Gasteiger partial charge on any atom is -0.482 e. The van der Waals surface area contributed by atoms with E-state index in [9.17, 15) is 4.79 Å². The quantitative estimate of drug-likeness (QED) is 0.927. The van der Waals surface area contributed by atoms with Crippen molar-refractivity contribution in [3.63, 3.8) is 0 Å². The van der Waals surface area contributed by atoms with Gasteiger partial charge in [0.2, 0.25) is 0 Å². The molecule has 1 aliphatic heterocycles. The van der Waals surface area contributed by atoms with Gasteiger partial charge < -0.3 is 15.4 Å². The van der Waals surface area contributed by atoms with Gasteiger partial charge >= 0.3 is 0 Å². The van der Waals surface area contributed by atoms with Crippen LogP contribution < -0.4 is 10.5 Å². The standard InChI is InChI=1S/C14H19ClN2O2.ClH/c1-10-6-11(7-16)8-17(10)14(18)9-19-13-5-3-2-4-12(13)15;/h2-5,10-11H,6-9,16H2,1H3;1H. The minimum absolute atomic E-state index is 0. The zero-order chi connectivity index (χ0) is 13.8. The van der Waals surface area contributed by atoms with Gasteiger partial charge in [-0.1, -0.05) is 23.7 Å². The van der Waals surface area contributed by atoms with Gasteiger partial charge in [0.15, 0.2) is 6.61 Å². The third-order valence-corrected chi connectivity index (χ3v) is 3.82. The number of nitrogens with zero attached hydrogens (tertiary/aromatic N) is 1. The van der Waals surface area contributed by atoms with Gasteiger partial charge in [0.05, 0.1) is 5.02 Å². The molecule has 1 fully saturated rings. The predicted molar refractivity (Wildman–Crippen MR) is 82.5 cm³/mol. The molecular formula is C14H20Cl2N2O2. The number of para-hydroxylation sites is 1. The van der Waals surface area contributed by atoms with Crippen LogP contribution in [0.4, 0.5) is 0 Å². The molecule has 1 aliphatic rings. The van der Waals surface area contributed by atoms with E-state index in [0.29, 0.717) is 23.2 Å². The fourth-order valence-corrected chi connectivity index (χ4v) is 2.64. The Morgan fingerprint density at radius 3 is 2.80 bits per heavy atom. The van der Waals surface area contributed by atoms with Crippen molar-refractivity contribution in [1.82, 2.24) is 4.90 Å². The number of nitrogens with two attached hydrogens (primary N) is 1. The number of benzene rings is 1. The summed E-state index contributed by atoms with van der Waals surface area (Å²) in [5.41, 5.74) is 5.66. The molecule has 2 unspecified atom stereocenters. The van der Waals surface area contributed by atoms with Gasteiger partial charge in [-0.05, 0) is 37.9 Å². The monoisotopic (exact) mass is 318 g/mol. The van der Waals surface area contributed by atoms with E-state index in [1.165, 1.54) is 0 Å². The summed E-state index contributed by atoms with van der Waals surface area (Å²) >= 11 is 5.98. The molecular weight excluding hydrogens is 299 g/mol. The number of carbonyl (C=O) groups excluding carboxylic acids is 1. The zero-order valence-corrected chi connectivity index (χ0v) is 13.0. The van der Waals surface area contributed by atoms with Crippen LogP contribution in [-0.4, -0.2) is 36.5 Å². The third kappa shape index (κ3) is 4.01. The molecule has 0 spiro atoms. The molecule has 2 atom stereocenters. The Balaban J connectivity index is 0.00000200. The van der Waals surface area contributed by atoms with Crippen molar-refractivity contribution in [3.8, 4) is 5.75 Å². The van der Waals surface area contributed by atoms with Crippen LogP contribution in [0.3, 0.4) is 0 Å². The molecule has 1 aromatic carbocycles. The maximum Gasteiger partial charge on any atom is 0.260 e. The summed E-state index contributed by atoms with van der Waals surface area (Å²) in [5, 5.41) is 0.518. The molecule has 2 rings (SSSR count). The van der Waals surface area contributed by atoms with Gasteiger partial charge in [-0.2, -0.15) is 0 Å². The summed E-state index contributed by atoms with van der Waals surface area (Å²) < 4.78 is 5.47. The van der Waals surface area contributed by atoms with Crippen molar-refractivity contribution in [2.24, 2.45) is 11.7 Å². The van der Waals surface area contributed by atoms with E-state index in [1.807, 2.05) is 24.0 Å². The van der Waals surface area contributed by atoms with Crippen LogP contribution >= 0.6 is 24.0 Å². The summed E-state index contributed by atoms with van der Waals surface area (Å²) in [6.07, 6.45) is 0.967. The molecule has 1 heterocycles. The van der Waals surface area contributed by atoms with Gasteiger partial charge in [0.1, 0.15) is 5.75 Å². The smallest absolute Gasteiger partial charge is 0.260 e. The molecule has 0 bridgehead atoms. The number of ether oxygens (including phenoxy) is 1. The van der Waals surface area contributed by atoms with E-state index in [1.54, 1.807) is 12.1 Å². The Kier molecular flexibility index (Phi) is 6.59. The average Bonchev–Trinajstić information content (AvgIpc) is 2.79. The molecule has 0 saturated carbocycles. The third-order valence-electron chi connectivity index (χ3n) is 3.50. The van der Waals surface area contributed by atoms with E-state index < -0.39 is 0 Å². The van der Waals surface area contributed by atoms with Gasteiger partial charge in [0.25, 0.3) is 5.91 Å². The number of rotatable bonds is 4. The Hall–Kier alpha value is -0.970. The van der Waals surface area contributed by atoms with Crippen LogP contribution in [0.5, 0.6) is 5.75 Å². The van der Waals surface area contributed by atoms with E-state index in [-0.39, 0.29) is 31.0 Å². The largest absolute Gasteiger partial charge is 0.482 e. The van der Waals surface area contributed by atoms with Crippen LogP contribution in [-0.2, 0) is 4.79 Å². The Morgan fingerprint density at radius 1 is 1.50 bits per heavy atom. The van der Waals surface area contributed by atoms with Crippen molar-refractivity contribution in [1.29, 1.82) is 0 Å². The highest BCUT2D eigenvalue weighted by Crippen LogP contribution is 2.25. The van der Waals surface area contributed by atoms with Crippen molar-refractivity contribution in [3.05, 3.63) is 29.3 Å². The molecule has 1 saturated heterocycles. The number of amides is 1. The molecule has 1 aromatic rings. The van der Waals surface area contributed by atoms with Crippen LogP contribution in [0.1, 0.15) is 13.3 Å². The molecule has 112 valence electrons. The van der Waals surface area contributed by atoms with E-state index in [2.05, 4.69) is 0 Å². The van der Waals surface area contributed by atoms with Gasteiger partial charge in [-0.25, -0.2) is 0 Å². The fraction of sp³-hybridized carbons (Fsp3) is 0.500. The lowest BCUT2D eigenvalue weighted by atomic mass is 10.1. The zero-order valence-electron chi connectivity index (χ0n) is 11.4. The topological polar surface area (TPSA) is 55.6 Å². The van der Waals surface area contributed by atoms with Crippen LogP contribution in [0, 0.1) is 5.92 Å². The second-order valence-corrected chi connectivity index (χ2v) is 5.36. The molecule has 0 radical (unpaired) electrons. The lowest BCUT2D eigenvalue weighted by molar-refractivity contribution is -0.134. The van der Waals surface area contributed by atoms with Gasteiger partial charge in [0, 0.05) is 12.6 Å². The molecule has 4 nitrogen and oxygen atoms in total. The average molecular weight is 319 g/mol. The van der Waals surface area contributed by atoms with Gasteiger partial charge in [-0.15, -0.1) is 12.4 Å². The van der Waals surface area contributed by atoms with Gasteiger partial charge in [-0.3, -0.25) is 4.79 Å².